The number of benzene rings is 1. The summed E-state index contributed by atoms with van der Waals surface area (Å²) in [6, 6.07) is 9.85. The lowest BCUT2D eigenvalue weighted by Gasteiger charge is -2.09. The van der Waals surface area contributed by atoms with E-state index in [4.69, 9.17) is 5.73 Å². The molecule has 1 heterocycles. The summed E-state index contributed by atoms with van der Waals surface area (Å²) in [5.41, 5.74) is 9.92. The molecule has 0 fully saturated rings. The molecule has 0 saturated carbocycles. The Morgan fingerprint density at radius 2 is 2.19 bits per heavy atom. The van der Waals surface area contributed by atoms with E-state index >= 15 is 0 Å². The number of nitrogens with one attached hydrogen (secondary N) is 1. The van der Waals surface area contributed by atoms with E-state index in [1.807, 2.05) is 43.5 Å². The van der Waals surface area contributed by atoms with Gasteiger partial charge in [-0.15, -0.1) is 0 Å². The molecule has 2 aromatic rings. The van der Waals surface area contributed by atoms with Crippen molar-refractivity contribution in [2.24, 2.45) is 0 Å². The summed E-state index contributed by atoms with van der Waals surface area (Å²) >= 11 is 0. The van der Waals surface area contributed by atoms with Crippen LogP contribution in [-0.4, -0.2) is 4.98 Å². The van der Waals surface area contributed by atoms with E-state index in [1.54, 1.807) is 6.20 Å². The van der Waals surface area contributed by atoms with Crippen LogP contribution in [0.25, 0.3) is 0 Å². The van der Waals surface area contributed by atoms with Crippen LogP contribution in [0.5, 0.6) is 0 Å². The number of hydrogen-bond acceptors (Lipinski definition) is 3. The molecule has 16 heavy (non-hydrogen) atoms. The monoisotopic (exact) mass is 213 g/mol. The van der Waals surface area contributed by atoms with Crippen molar-refractivity contribution in [3.8, 4) is 0 Å². The molecule has 0 spiro atoms. The minimum absolute atomic E-state index is 0.776. The highest BCUT2D eigenvalue weighted by Gasteiger charge is 1.98. The van der Waals surface area contributed by atoms with Gasteiger partial charge >= 0.3 is 0 Å². The van der Waals surface area contributed by atoms with Crippen LogP contribution in [0.1, 0.15) is 11.1 Å². The predicted molar refractivity (Wildman–Crippen MR) is 67.2 cm³/mol. The Labute approximate surface area is 95.3 Å². The summed E-state index contributed by atoms with van der Waals surface area (Å²) in [4.78, 5) is 4.07. The molecule has 0 atom stereocenters. The summed E-state index contributed by atoms with van der Waals surface area (Å²) < 4.78 is 0. The summed E-state index contributed by atoms with van der Waals surface area (Å²) in [6.45, 7) is 2.82. The Balaban J connectivity index is 2.05. The van der Waals surface area contributed by atoms with E-state index in [2.05, 4.69) is 10.3 Å². The number of nitrogens with two attached hydrogens (primary N) is 1. The highest BCUT2D eigenvalue weighted by atomic mass is 14.9. The molecule has 82 valence electrons. The van der Waals surface area contributed by atoms with Crippen molar-refractivity contribution in [1.29, 1.82) is 0 Å². The van der Waals surface area contributed by atoms with Gasteiger partial charge in [0, 0.05) is 30.3 Å². The maximum Gasteiger partial charge on any atom is 0.0416 e. The molecule has 1 aromatic carbocycles. The zero-order valence-electron chi connectivity index (χ0n) is 9.27. The zero-order valence-corrected chi connectivity index (χ0v) is 9.27. The minimum atomic E-state index is 0.776. The first kappa shape index (κ1) is 10.5. The quantitative estimate of drug-likeness (QED) is 0.770. The zero-order chi connectivity index (χ0) is 11.4. The number of aromatic nitrogens is 1. The van der Waals surface area contributed by atoms with Crippen LogP contribution < -0.4 is 11.1 Å². The fraction of sp³-hybridized carbons (Fsp3) is 0.154. The van der Waals surface area contributed by atoms with Gasteiger partial charge in [0.2, 0.25) is 0 Å². The number of aryl methyl sites for hydroxylation is 1. The van der Waals surface area contributed by atoms with Crippen LogP contribution in [-0.2, 0) is 6.54 Å². The van der Waals surface area contributed by atoms with Crippen LogP contribution in [0.4, 0.5) is 11.4 Å². The van der Waals surface area contributed by atoms with E-state index in [9.17, 15) is 0 Å². The Kier molecular flexibility index (Phi) is 3.05. The summed E-state index contributed by atoms with van der Waals surface area (Å²) in [7, 11) is 0. The van der Waals surface area contributed by atoms with Gasteiger partial charge in [-0.25, -0.2) is 0 Å². The van der Waals surface area contributed by atoms with Crippen LogP contribution in [0, 0.1) is 6.92 Å². The average Bonchev–Trinajstić information content (AvgIpc) is 2.29. The largest absolute Gasteiger partial charge is 0.399 e. The lowest BCUT2D eigenvalue weighted by atomic mass is 10.1. The van der Waals surface area contributed by atoms with Gasteiger partial charge in [-0.05, 0) is 42.3 Å². The van der Waals surface area contributed by atoms with Gasteiger partial charge in [0.25, 0.3) is 0 Å². The van der Waals surface area contributed by atoms with Crippen LogP contribution in [0.2, 0.25) is 0 Å². The summed E-state index contributed by atoms with van der Waals surface area (Å²) in [5, 5.41) is 3.36. The normalized spacial score (nSPS) is 10.1. The van der Waals surface area contributed by atoms with Crippen molar-refractivity contribution < 1.29 is 0 Å². The number of pyridine rings is 1. The standard InChI is InChI=1S/C13H15N3/c1-10-7-12(14)4-5-13(10)16-9-11-3-2-6-15-8-11/h2-8,16H,9,14H2,1H3. The summed E-state index contributed by atoms with van der Waals surface area (Å²) in [6.07, 6.45) is 3.64. The average molecular weight is 213 g/mol. The Hall–Kier alpha value is -2.03. The highest BCUT2D eigenvalue weighted by Crippen LogP contribution is 2.18. The molecule has 0 aliphatic rings. The van der Waals surface area contributed by atoms with Gasteiger partial charge in [-0.1, -0.05) is 6.07 Å². The second-order valence-electron chi connectivity index (χ2n) is 3.79. The SMILES string of the molecule is Cc1cc(N)ccc1NCc1cccnc1. The molecule has 0 radical (unpaired) electrons. The Morgan fingerprint density at radius 3 is 2.88 bits per heavy atom. The van der Waals surface area contributed by atoms with Crippen molar-refractivity contribution in [2.45, 2.75) is 13.5 Å². The third-order valence-corrected chi connectivity index (χ3v) is 2.46. The smallest absolute Gasteiger partial charge is 0.0416 e. The number of anilines is 2. The Morgan fingerprint density at radius 1 is 1.31 bits per heavy atom. The predicted octanol–water partition coefficient (Wildman–Crippen LogP) is 2.58. The second-order valence-corrected chi connectivity index (χ2v) is 3.79. The van der Waals surface area contributed by atoms with Crippen molar-refractivity contribution in [3.63, 3.8) is 0 Å². The van der Waals surface area contributed by atoms with Crippen molar-refractivity contribution in [1.82, 2.24) is 4.98 Å². The molecule has 2 rings (SSSR count). The molecule has 3 heteroatoms. The number of nitrogen functional groups attached to an aromatic ring is 1. The van der Waals surface area contributed by atoms with Crippen molar-refractivity contribution in [3.05, 3.63) is 53.9 Å². The molecule has 0 saturated heterocycles. The molecule has 0 aliphatic heterocycles. The van der Waals surface area contributed by atoms with E-state index in [0.717, 1.165) is 23.5 Å². The number of rotatable bonds is 3. The maximum absolute atomic E-state index is 5.70. The van der Waals surface area contributed by atoms with Crippen LogP contribution in [0.15, 0.2) is 42.7 Å². The molecule has 3 N–H and O–H groups in total. The summed E-state index contributed by atoms with van der Waals surface area (Å²) in [5.74, 6) is 0. The van der Waals surface area contributed by atoms with E-state index < -0.39 is 0 Å². The van der Waals surface area contributed by atoms with E-state index in [1.165, 1.54) is 5.56 Å². The van der Waals surface area contributed by atoms with Gasteiger partial charge in [0.1, 0.15) is 0 Å². The lowest BCUT2D eigenvalue weighted by molar-refractivity contribution is 1.11. The minimum Gasteiger partial charge on any atom is -0.399 e. The molecule has 0 aliphatic carbocycles. The van der Waals surface area contributed by atoms with Gasteiger partial charge in [-0.3, -0.25) is 4.98 Å². The fourth-order valence-corrected chi connectivity index (χ4v) is 1.59. The van der Waals surface area contributed by atoms with E-state index in [0.29, 0.717) is 0 Å². The van der Waals surface area contributed by atoms with Gasteiger partial charge in [0.15, 0.2) is 0 Å². The first-order valence-corrected chi connectivity index (χ1v) is 5.24. The van der Waals surface area contributed by atoms with Crippen LogP contribution >= 0.6 is 0 Å². The second kappa shape index (κ2) is 4.66. The van der Waals surface area contributed by atoms with Gasteiger partial charge in [0.05, 0.1) is 0 Å². The van der Waals surface area contributed by atoms with Crippen molar-refractivity contribution >= 4 is 11.4 Å². The molecule has 0 unspecified atom stereocenters. The first-order chi connectivity index (χ1) is 7.75. The number of nitrogens with zero attached hydrogens (tertiary/aromatic N) is 1. The molecule has 0 bridgehead atoms. The molecular formula is C13H15N3. The van der Waals surface area contributed by atoms with Gasteiger partial charge < -0.3 is 11.1 Å². The first-order valence-electron chi connectivity index (χ1n) is 5.24. The molecule has 3 nitrogen and oxygen atoms in total. The maximum atomic E-state index is 5.70. The molecule has 1 aromatic heterocycles. The van der Waals surface area contributed by atoms with Gasteiger partial charge in [-0.2, -0.15) is 0 Å². The van der Waals surface area contributed by atoms with Crippen molar-refractivity contribution in [2.75, 3.05) is 11.1 Å². The third-order valence-electron chi connectivity index (χ3n) is 2.46. The lowest BCUT2D eigenvalue weighted by Crippen LogP contribution is -2.01. The van der Waals surface area contributed by atoms with E-state index in [-0.39, 0.29) is 0 Å². The molecule has 0 amide bonds. The topological polar surface area (TPSA) is 50.9 Å². The molecular weight excluding hydrogens is 198 g/mol. The Bertz CT molecular complexity index is 466. The fourth-order valence-electron chi connectivity index (χ4n) is 1.59. The number of hydrogen-bond donors (Lipinski definition) is 2. The highest BCUT2D eigenvalue weighted by molar-refractivity contribution is 5.57. The third kappa shape index (κ3) is 2.51. The van der Waals surface area contributed by atoms with Crippen LogP contribution in [0.3, 0.4) is 0 Å².